The molecule has 1 aromatic heterocycles. The van der Waals surface area contributed by atoms with Crippen LogP contribution in [0.4, 0.5) is 10.5 Å². The van der Waals surface area contributed by atoms with Crippen LogP contribution in [0.25, 0.3) is 0 Å². The predicted octanol–water partition coefficient (Wildman–Crippen LogP) is 1.20. The Morgan fingerprint density at radius 1 is 1.27 bits per heavy atom. The van der Waals surface area contributed by atoms with Crippen molar-refractivity contribution in [3.8, 4) is 0 Å². The Morgan fingerprint density at radius 2 is 2.08 bits per heavy atom. The predicted molar refractivity (Wildman–Crippen MR) is 90.4 cm³/mol. The summed E-state index contributed by atoms with van der Waals surface area (Å²) >= 11 is 0. The Balaban J connectivity index is 1.77. The second-order valence-electron chi connectivity index (χ2n) is 5.48. The number of carbonyl (C=O) groups excluding carboxylic acids is 4. The third kappa shape index (κ3) is 3.36. The van der Waals surface area contributed by atoms with Crippen LogP contribution in [0.2, 0.25) is 0 Å². The molecule has 5 amide bonds. The molecule has 0 saturated carbocycles. The van der Waals surface area contributed by atoms with Gasteiger partial charge in [0.2, 0.25) is 5.91 Å². The van der Waals surface area contributed by atoms with Crippen molar-refractivity contribution < 1.29 is 23.6 Å². The van der Waals surface area contributed by atoms with Crippen molar-refractivity contribution in [3.63, 3.8) is 0 Å². The molecule has 1 fully saturated rings. The molecule has 0 bridgehead atoms. The van der Waals surface area contributed by atoms with Crippen molar-refractivity contribution in [1.82, 2.24) is 10.7 Å². The molecule has 9 heteroatoms. The number of hydrazone groups is 1. The molecule has 26 heavy (non-hydrogen) atoms. The summed E-state index contributed by atoms with van der Waals surface area (Å²) in [5, 5.41) is 5.72. The SMILES string of the molecule is Cc1cccc(N2C(=O)NC(=O)[C@H](/C=N\NC(=O)c3ccco3)C2=O)c1. The summed E-state index contributed by atoms with van der Waals surface area (Å²) in [7, 11) is 0. The number of amides is 5. The largest absolute Gasteiger partial charge is 0.459 e. The molecule has 3 rings (SSSR count). The van der Waals surface area contributed by atoms with Crippen molar-refractivity contribution in [3.05, 3.63) is 54.0 Å². The van der Waals surface area contributed by atoms with Gasteiger partial charge in [0, 0.05) is 6.21 Å². The minimum Gasteiger partial charge on any atom is -0.459 e. The topological polar surface area (TPSA) is 121 Å². The second-order valence-corrected chi connectivity index (χ2v) is 5.48. The van der Waals surface area contributed by atoms with Crippen LogP contribution < -0.4 is 15.6 Å². The van der Waals surface area contributed by atoms with E-state index in [1.807, 2.05) is 13.0 Å². The van der Waals surface area contributed by atoms with Crippen LogP contribution in [-0.2, 0) is 9.59 Å². The Kier molecular flexibility index (Phi) is 4.61. The monoisotopic (exact) mass is 354 g/mol. The van der Waals surface area contributed by atoms with Crippen LogP contribution in [0.1, 0.15) is 16.1 Å². The lowest BCUT2D eigenvalue weighted by Gasteiger charge is -2.28. The fourth-order valence-electron chi connectivity index (χ4n) is 2.37. The van der Waals surface area contributed by atoms with Crippen LogP contribution >= 0.6 is 0 Å². The van der Waals surface area contributed by atoms with Crippen molar-refractivity contribution in [2.75, 3.05) is 4.90 Å². The summed E-state index contributed by atoms with van der Waals surface area (Å²) in [6, 6.07) is 8.84. The fraction of sp³-hybridized carbons (Fsp3) is 0.118. The van der Waals surface area contributed by atoms with E-state index in [0.717, 1.165) is 16.7 Å². The van der Waals surface area contributed by atoms with Crippen LogP contribution in [0.3, 0.4) is 0 Å². The number of urea groups is 1. The van der Waals surface area contributed by atoms with Gasteiger partial charge in [-0.1, -0.05) is 12.1 Å². The molecule has 1 atom stereocenters. The van der Waals surface area contributed by atoms with Gasteiger partial charge < -0.3 is 4.42 Å². The quantitative estimate of drug-likeness (QED) is 0.485. The minimum atomic E-state index is -1.36. The summed E-state index contributed by atoms with van der Waals surface area (Å²) in [5.74, 6) is -3.55. The Hall–Kier alpha value is -3.75. The first-order valence-electron chi connectivity index (χ1n) is 7.60. The van der Waals surface area contributed by atoms with E-state index in [4.69, 9.17) is 4.42 Å². The third-order valence-corrected chi connectivity index (χ3v) is 3.60. The Bertz CT molecular complexity index is 904. The number of aryl methyl sites for hydroxylation is 1. The lowest BCUT2D eigenvalue weighted by atomic mass is 10.1. The van der Waals surface area contributed by atoms with Gasteiger partial charge in [-0.2, -0.15) is 5.10 Å². The van der Waals surface area contributed by atoms with Gasteiger partial charge in [-0.3, -0.25) is 19.7 Å². The average molecular weight is 354 g/mol. The molecule has 1 aliphatic rings. The molecule has 132 valence electrons. The van der Waals surface area contributed by atoms with Crippen molar-refractivity contribution >= 4 is 35.7 Å². The number of barbiturate groups is 1. The van der Waals surface area contributed by atoms with E-state index in [2.05, 4.69) is 15.8 Å². The van der Waals surface area contributed by atoms with Crippen molar-refractivity contribution in [2.45, 2.75) is 6.92 Å². The smallest absolute Gasteiger partial charge is 0.335 e. The normalized spacial score (nSPS) is 17.5. The van der Waals surface area contributed by atoms with Gasteiger partial charge in [0.25, 0.3) is 5.91 Å². The summed E-state index contributed by atoms with van der Waals surface area (Å²) in [4.78, 5) is 49.2. The maximum Gasteiger partial charge on any atom is 0.335 e. The van der Waals surface area contributed by atoms with Crippen molar-refractivity contribution in [1.29, 1.82) is 0 Å². The number of anilines is 1. The van der Waals surface area contributed by atoms with Gasteiger partial charge in [0.15, 0.2) is 11.7 Å². The number of nitrogens with one attached hydrogen (secondary N) is 2. The summed E-state index contributed by atoms with van der Waals surface area (Å²) in [5.41, 5.74) is 3.32. The molecule has 0 radical (unpaired) electrons. The number of hydrogen-bond donors (Lipinski definition) is 2. The molecule has 2 N–H and O–H groups in total. The Morgan fingerprint density at radius 3 is 2.77 bits per heavy atom. The molecule has 0 unspecified atom stereocenters. The van der Waals surface area contributed by atoms with Gasteiger partial charge in [-0.05, 0) is 36.8 Å². The Labute approximate surface area is 147 Å². The van der Waals surface area contributed by atoms with Crippen LogP contribution in [-0.4, -0.2) is 30.0 Å². The van der Waals surface area contributed by atoms with E-state index in [1.165, 1.54) is 18.4 Å². The molecule has 1 aromatic carbocycles. The average Bonchev–Trinajstić information content (AvgIpc) is 3.12. The molecule has 1 aliphatic heterocycles. The third-order valence-electron chi connectivity index (χ3n) is 3.60. The number of rotatable bonds is 4. The number of carbonyl (C=O) groups is 4. The number of imide groups is 2. The highest BCUT2D eigenvalue weighted by atomic mass is 16.3. The molecule has 1 saturated heterocycles. The minimum absolute atomic E-state index is 0.0261. The fourth-order valence-corrected chi connectivity index (χ4v) is 2.37. The van der Waals surface area contributed by atoms with E-state index in [-0.39, 0.29) is 5.76 Å². The molecular weight excluding hydrogens is 340 g/mol. The van der Waals surface area contributed by atoms with E-state index in [9.17, 15) is 19.2 Å². The van der Waals surface area contributed by atoms with Crippen LogP contribution in [0.15, 0.2) is 52.2 Å². The van der Waals surface area contributed by atoms with E-state index in [1.54, 1.807) is 18.2 Å². The first-order valence-corrected chi connectivity index (χ1v) is 7.60. The molecule has 0 aliphatic carbocycles. The first-order chi connectivity index (χ1) is 12.5. The van der Waals surface area contributed by atoms with Gasteiger partial charge in [0.05, 0.1) is 12.0 Å². The zero-order valence-electron chi connectivity index (χ0n) is 13.6. The number of nitrogens with zero attached hydrogens (tertiary/aromatic N) is 2. The van der Waals surface area contributed by atoms with Crippen LogP contribution in [0, 0.1) is 12.8 Å². The van der Waals surface area contributed by atoms with E-state index < -0.39 is 29.7 Å². The van der Waals surface area contributed by atoms with Crippen LogP contribution in [0.5, 0.6) is 0 Å². The van der Waals surface area contributed by atoms with Gasteiger partial charge in [0.1, 0.15) is 0 Å². The highest BCUT2D eigenvalue weighted by molar-refractivity contribution is 6.32. The highest BCUT2D eigenvalue weighted by Gasteiger charge is 2.40. The molecule has 2 heterocycles. The highest BCUT2D eigenvalue weighted by Crippen LogP contribution is 2.21. The van der Waals surface area contributed by atoms with E-state index in [0.29, 0.717) is 5.69 Å². The molecule has 9 nitrogen and oxygen atoms in total. The van der Waals surface area contributed by atoms with Gasteiger partial charge >= 0.3 is 11.9 Å². The second kappa shape index (κ2) is 7.01. The summed E-state index contributed by atoms with van der Waals surface area (Å²) in [6.07, 6.45) is 2.29. The number of furan rings is 1. The lowest BCUT2D eigenvalue weighted by molar-refractivity contribution is -0.131. The maximum atomic E-state index is 12.6. The lowest BCUT2D eigenvalue weighted by Crippen LogP contribution is -2.58. The summed E-state index contributed by atoms with van der Waals surface area (Å²) in [6.45, 7) is 1.81. The standard InChI is InChI=1S/C17H14N4O5/c1-10-4-2-5-11(8-10)21-16(24)12(14(22)19-17(21)25)9-18-20-15(23)13-6-3-7-26-13/h2-9,12H,1H3,(H,20,23)(H,19,22,25)/b18-9-/t12-/m0/s1. The van der Waals surface area contributed by atoms with Crippen molar-refractivity contribution in [2.24, 2.45) is 11.0 Å². The zero-order chi connectivity index (χ0) is 18.7. The van der Waals surface area contributed by atoms with E-state index >= 15 is 0 Å². The molecular formula is C17H14N4O5. The maximum absolute atomic E-state index is 12.6. The first kappa shape index (κ1) is 17.1. The number of benzene rings is 1. The molecule has 0 spiro atoms. The van der Waals surface area contributed by atoms with Gasteiger partial charge in [-0.15, -0.1) is 0 Å². The molecule has 2 aromatic rings. The van der Waals surface area contributed by atoms with Gasteiger partial charge in [-0.25, -0.2) is 15.1 Å². The summed E-state index contributed by atoms with van der Waals surface area (Å²) < 4.78 is 4.90. The number of hydrogen-bond acceptors (Lipinski definition) is 6. The zero-order valence-corrected chi connectivity index (χ0v) is 13.6.